The molecule has 1 amide bonds. The fraction of sp³-hybridized carbons (Fsp3) is 0.462. The van der Waals surface area contributed by atoms with Gasteiger partial charge < -0.3 is 9.47 Å². The van der Waals surface area contributed by atoms with Gasteiger partial charge >= 0.3 is 0 Å². The lowest BCUT2D eigenvalue weighted by molar-refractivity contribution is 0.0917. The number of carbonyl (C=O) groups excluding carboxylic acids is 1. The molecule has 3 heterocycles. The highest BCUT2D eigenvalue weighted by Gasteiger charge is 2.31. The normalized spacial score (nSPS) is 20.8. The number of amides is 1. The third-order valence-corrected chi connectivity index (χ3v) is 10.3. The van der Waals surface area contributed by atoms with Crippen LogP contribution in [0.25, 0.3) is 10.2 Å². The molecule has 0 bridgehead atoms. The number of rotatable bonds is 7. The number of halogens is 1. The van der Waals surface area contributed by atoms with Gasteiger partial charge in [-0.05, 0) is 68.0 Å². The minimum Gasteiger partial charge on any atom is -0.494 e. The molecule has 0 spiro atoms. The lowest BCUT2D eigenvalue weighted by Gasteiger charge is -2.30. The summed E-state index contributed by atoms with van der Waals surface area (Å²) in [5.41, 5.74) is 0.971. The van der Waals surface area contributed by atoms with Crippen molar-refractivity contribution in [3.8, 4) is 5.75 Å². The van der Waals surface area contributed by atoms with Gasteiger partial charge in [-0.1, -0.05) is 29.9 Å². The van der Waals surface area contributed by atoms with Crippen LogP contribution in [0.3, 0.4) is 0 Å². The molecule has 198 valence electrons. The molecule has 0 saturated carbocycles. The molecular formula is C26H30ClN3O5S2. The van der Waals surface area contributed by atoms with E-state index in [1.54, 1.807) is 40.6 Å². The Morgan fingerprint density at radius 1 is 1.22 bits per heavy atom. The van der Waals surface area contributed by atoms with Gasteiger partial charge in [-0.2, -0.15) is 4.31 Å². The van der Waals surface area contributed by atoms with Gasteiger partial charge in [0.2, 0.25) is 10.0 Å². The predicted molar refractivity (Wildman–Crippen MR) is 145 cm³/mol. The number of nitrogens with zero attached hydrogens (tertiary/aromatic N) is 3. The molecular weight excluding hydrogens is 534 g/mol. The number of carbonyl (C=O) groups is 1. The van der Waals surface area contributed by atoms with Gasteiger partial charge in [0.1, 0.15) is 11.3 Å². The van der Waals surface area contributed by atoms with E-state index in [0.717, 1.165) is 30.4 Å². The second-order valence-corrected chi connectivity index (χ2v) is 12.9. The quantitative estimate of drug-likeness (QED) is 0.392. The van der Waals surface area contributed by atoms with E-state index in [2.05, 4.69) is 6.92 Å². The maximum absolute atomic E-state index is 13.8. The number of sulfonamides is 1. The number of benzene rings is 2. The Morgan fingerprint density at radius 2 is 2.00 bits per heavy atom. The average Bonchev–Trinajstić information content (AvgIpc) is 3.58. The van der Waals surface area contributed by atoms with Crippen molar-refractivity contribution in [1.29, 1.82) is 0 Å². The van der Waals surface area contributed by atoms with Crippen LogP contribution in [0, 0.1) is 5.92 Å². The minimum atomic E-state index is -3.61. The Balaban J connectivity index is 1.46. The molecule has 2 unspecified atom stereocenters. The van der Waals surface area contributed by atoms with Crippen LogP contribution in [0.2, 0.25) is 5.02 Å². The van der Waals surface area contributed by atoms with Gasteiger partial charge in [-0.25, -0.2) is 13.4 Å². The molecule has 0 aliphatic carbocycles. The largest absolute Gasteiger partial charge is 0.494 e. The summed E-state index contributed by atoms with van der Waals surface area (Å²) in [6, 6.07) is 9.69. The molecule has 0 N–H and O–H groups in total. The zero-order valence-corrected chi connectivity index (χ0v) is 23.2. The van der Waals surface area contributed by atoms with Gasteiger partial charge in [-0.15, -0.1) is 0 Å². The maximum atomic E-state index is 13.8. The number of fused-ring (bicyclic) bond motifs is 1. The van der Waals surface area contributed by atoms with Crippen LogP contribution in [0.4, 0.5) is 5.13 Å². The monoisotopic (exact) mass is 563 g/mol. The number of piperidine rings is 1. The Labute approximate surface area is 226 Å². The van der Waals surface area contributed by atoms with Crippen LogP contribution in [-0.4, -0.2) is 63.1 Å². The Morgan fingerprint density at radius 3 is 2.68 bits per heavy atom. The average molecular weight is 564 g/mol. The number of ether oxygens (including phenoxy) is 2. The molecule has 11 heteroatoms. The van der Waals surface area contributed by atoms with Crippen LogP contribution in [0.15, 0.2) is 41.3 Å². The molecule has 5 rings (SSSR count). The fourth-order valence-corrected chi connectivity index (χ4v) is 7.76. The van der Waals surface area contributed by atoms with Crippen molar-refractivity contribution in [3.05, 3.63) is 47.0 Å². The van der Waals surface area contributed by atoms with Crippen LogP contribution in [-0.2, 0) is 14.8 Å². The van der Waals surface area contributed by atoms with Gasteiger partial charge in [0.15, 0.2) is 5.13 Å². The van der Waals surface area contributed by atoms with E-state index >= 15 is 0 Å². The van der Waals surface area contributed by atoms with Crippen LogP contribution < -0.4 is 9.64 Å². The Hall–Kier alpha value is -2.24. The lowest BCUT2D eigenvalue weighted by atomic mass is 10.0. The zero-order valence-electron chi connectivity index (χ0n) is 20.9. The minimum absolute atomic E-state index is 0.103. The third kappa shape index (κ3) is 5.35. The van der Waals surface area contributed by atoms with Crippen molar-refractivity contribution in [2.75, 3.05) is 38.3 Å². The zero-order chi connectivity index (χ0) is 26.2. The number of anilines is 1. The Bertz CT molecular complexity index is 1390. The van der Waals surface area contributed by atoms with E-state index in [-0.39, 0.29) is 16.9 Å². The molecule has 2 aromatic carbocycles. The number of thiazole rings is 1. The predicted octanol–water partition coefficient (Wildman–Crippen LogP) is 5.20. The summed E-state index contributed by atoms with van der Waals surface area (Å²) in [6.07, 6.45) is 3.57. The van der Waals surface area contributed by atoms with Gasteiger partial charge in [-0.3, -0.25) is 9.69 Å². The molecule has 2 aliphatic rings. The van der Waals surface area contributed by atoms with Gasteiger partial charge in [0.25, 0.3) is 5.91 Å². The summed E-state index contributed by atoms with van der Waals surface area (Å²) < 4.78 is 39.9. The molecule has 2 fully saturated rings. The molecule has 0 radical (unpaired) electrons. The van der Waals surface area contributed by atoms with E-state index in [1.165, 1.54) is 23.5 Å². The van der Waals surface area contributed by atoms with Crippen LogP contribution >= 0.6 is 22.9 Å². The first-order valence-corrected chi connectivity index (χ1v) is 15.1. The highest BCUT2D eigenvalue weighted by atomic mass is 35.5. The first-order chi connectivity index (χ1) is 17.8. The molecule has 2 atom stereocenters. The number of hydrogen-bond acceptors (Lipinski definition) is 7. The molecule has 1 aromatic heterocycles. The van der Waals surface area contributed by atoms with E-state index in [1.807, 2.05) is 0 Å². The highest BCUT2D eigenvalue weighted by Crippen LogP contribution is 2.39. The van der Waals surface area contributed by atoms with Crippen molar-refractivity contribution in [2.24, 2.45) is 5.92 Å². The van der Waals surface area contributed by atoms with Crippen LogP contribution in [0.5, 0.6) is 5.75 Å². The van der Waals surface area contributed by atoms with Crippen molar-refractivity contribution in [3.63, 3.8) is 0 Å². The van der Waals surface area contributed by atoms with E-state index in [0.29, 0.717) is 59.1 Å². The fourth-order valence-electron chi connectivity index (χ4n) is 4.90. The Kier molecular flexibility index (Phi) is 7.74. The standard InChI is InChI=1S/C26H30ClN3O5S2/c1-17-5-3-13-29(15-17)37(32,33)20-9-7-18(8-10-20)25(31)30(16-19-6-4-14-35-19)26-28-23-22(34-2)12-11-21(27)24(23)36-26/h7-12,17,19H,3-6,13-16H2,1-2H3. The summed E-state index contributed by atoms with van der Waals surface area (Å²) in [5.74, 6) is 0.630. The van der Waals surface area contributed by atoms with Crippen molar-refractivity contribution >= 4 is 54.2 Å². The highest BCUT2D eigenvalue weighted by molar-refractivity contribution is 7.89. The molecule has 8 nitrogen and oxygen atoms in total. The van der Waals surface area contributed by atoms with E-state index in [9.17, 15) is 13.2 Å². The van der Waals surface area contributed by atoms with E-state index < -0.39 is 10.0 Å². The van der Waals surface area contributed by atoms with Crippen LogP contribution in [0.1, 0.15) is 43.0 Å². The number of aromatic nitrogens is 1. The van der Waals surface area contributed by atoms with Crippen molar-refractivity contribution in [2.45, 2.75) is 43.6 Å². The van der Waals surface area contributed by atoms with Gasteiger partial charge in [0.05, 0.1) is 34.4 Å². The SMILES string of the molecule is COc1ccc(Cl)c2sc(N(CC3CCCO3)C(=O)c3ccc(S(=O)(=O)N4CCCC(C)C4)cc3)nc12. The summed E-state index contributed by atoms with van der Waals surface area (Å²) in [4.78, 5) is 20.3. The summed E-state index contributed by atoms with van der Waals surface area (Å²) >= 11 is 7.75. The van der Waals surface area contributed by atoms with Gasteiger partial charge in [0, 0.05) is 25.3 Å². The lowest BCUT2D eigenvalue weighted by Crippen LogP contribution is -2.39. The van der Waals surface area contributed by atoms with E-state index in [4.69, 9.17) is 26.1 Å². The molecule has 2 saturated heterocycles. The second-order valence-electron chi connectivity index (χ2n) is 9.61. The first kappa shape index (κ1) is 26.4. The van der Waals surface area contributed by atoms with Crippen molar-refractivity contribution in [1.82, 2.24) is 9.29 Å². The van der Waals surface area contributed by atoms with Crippen molar-refractivity contribution < 1.29 is 22.7 Å². The second kappa shape index (κ2) is 10.9. The molecule has 37 heavy (non-hydrogen) atoms. The third-order valence-electron chi connectivity index (χ3n) is 6.91. The summed E-state index contributed by atoms with van der Waals surface area (Å²) in [5, 5.41) is 1.02. The number of hydrogen-bond donors (Lipinski definition) is 0. The molecule has 3 aromatic rings. The number of methoxy groups -OCH3 is 1. The molecule has 2 aliphatic heterocycles. The maximum Gasteiger partial charge on any atom is 0.260 e. The first-order valence-electron chi connectivity index (χ1n) is 12.4. The topological polar surface area (TPSA) is 89.0 Å². The smallest absolute Gasteiger partial charge is 0.260 e. The summed E-state index contributed by atoms with van der Waals surface area (Å²) in [6.45, 7) is 4.10. The summed E-state index contributed by atoms with van der Waals surface area (Å²) in [7, 11) is -2.04.